The standard InChI is InChI=1S/C27H28O4/c1-4-13-23-19(5-2)18-20(6-3)24(30-26(28)21-14-9-7-10-15-21)25(23)31-27(29)22-16-11-8-12-17-22/h7-12,14-18H,4-6,13H2,1-3H3. The van der Waals surface area contributed by atoms with Gasteiger partial charge in [-0.25, -0.2) is 9.59 Å². The summed E-state index contributed by atoms with van der Waals surface area (Å²) in [4.78, 5) is 25.8. The quantitative estimate of drug-likeness (QED) is 0.324. The van der Waals surface area contributed by atoms with Crippen LogP contribution in [-0.2, 0) is 19.3 Å². The highest BCUT2D eigenvalue weighted by Crippen LogP contribution is 2.40. The van der Waals surface area contributed by atoms with Crippen LogP contribution < -0.4 is 9.47 Å². The van der Waals surface area contributed by atoms with Crippen LogP contribution in [0.15, 0.2) is 66.7 Å². The Bertz CT molecular complexity index is 1040. The largest absolute Gasteiger partial charge is 0.419 e. The monoisotopic (exact) mass is 416 g/mol. The molecule has 0 N–H and O–H groups in total. The number of hydrogen-bond donors (Lipinski definition) is 0. The molecule has 0 fully saturated rings. The maximum absolute atomic E-state index is 12.9. The van der Waals surface area contributed by atoms with Crippen molar-refractivity contribution < 1.29 is 19.1 Å². The van der Waals surface area contributed by atoms with E-state index in [0.717, 1.165) is 36.0 Å². The molecule has 0 amide bonds. The van der Waals surface area contributed by atoms with Crippen molar-refractivity contribution in [2.75, 3.05) is 0 Å². The van der Waals surface area contributed by atoms with Gasteiger partial charge in [0.15, 0.2) is 11.5 Å². The van der Waals surface area contributed by atoms with Crippen molar-refractivity contribution in [2.45, 2.75) is 46.5 Å². The summed E-state index contributed by atoms with van der Waals surface area (Å²) < 4.78 is 11.8. The van der Waals surface area contributed by atoms with Crippen LogP contribution in [0.5, 0.6) is 11.5 Å². The molecule has 3 rings (SSSR count). The second kappa shape index (κ2) is 10.6. The molecule has 0 spiro atoms. The summed E-state index contributed by atoms with van der Waals surface area (Å²) in [5.41, 5.74) is 3.76. The number of carbonyl (C=O) groups excluding carboxylic acids is 2. The molecule has 0 aliphatic rings. The van der Waals surface area contributed by atoms with Gasteiger partial charge in [0.25, 0.3) is 0 Å². The molecule has 0 heterocycles. The van der Waals surface area contributed by atoms with Crippen molar-refractivity contribution in [3.63, 3.8) is 0 Å². The Morgan fingerprint density at radius 1 is 0.677 bits per heavy atom. The predicted octanol–water partition coefficient (Wildman–Crippen LogP) is 6.20. The maximum Gasteiger partial charge on any atom is 0.343 e. The van der Waals surface area contributed by atoms with Gasteiger partial charge in [0.1, 0.15) is 0 Å². The van der Waals surface area contributed by atoms with Gasteiger partial charge in [-0.05, 0) is 54.7 Å². The van der Waals surface area contributed by atoms with E-state index in [1.54, 1.807) is 48.5 Å². The van der Waals surface area contributed by atoms with E-state index < -0.39 is 11.9 Å². The number of rotatable bonds is 8. The van der Waals surface area contributed by atoms with Crippen LogP contribution in [0.2, 0.25) is 0 Å². The summed E-state index contributed by atoms with van der Waals surface area (Å²) in [5.74, 6) is -0.248. The van der Waals surface area contributed by atoms with Gasteiger partial charge in [-0.15, -0.1) is 0 Å². The minimum Gasteiger partial charge on any atom is -0.419 e. The van der Waals surface area contributed by atoms with E-state index >= 15 is 0 Å². The molecule has 4 nitrogen and oxygen atoms in total. The summed E-state index contributed by atoms with van der Waals surface area (Å²) in [6.45, 7) is 6.15. The molecule has 0 aromatic heterocycles. The lowest BCUT2D eigenvalue weighted by Crippen LogP contribution is -2.16. The lowest BCUT2D eigenvalue weighted by atomic mass is 9.95. The Hall–Kier alpha value is -3.40. The fourth-order valence-corrected chi connectivity index (χ4v) is 3.57. The highest BCUT2D eigenvalue weighted by atomic mass is 16.6. The van der Waals surface area contributed by atoms with E-state index in [-0.39, 0.29) is 0 Å². The first-order chi connectivity index (χ1) is 15.1. The van der Waals surface area contributed by atoms with Gasteiger partial charge in [-0.3, -0.25) is 0 Å². The molecule has 0 radical (unpaired) electrons. The van der Waals surface area contributed by atoms with Gasteiger partial charge < -0.3 is 9.47 Å². The molecule has 0 aliphatic heterocycles. The molecule has 160 valence electrons. The normalized spacial score (nSPS) is 10.5. The molecule has 0 bridgehead atoms. The van der Waals surface area contributed by atoms with Gasteiger partial charge in [-0.2, -0.15) is 0 Å². The summed E-state index contributed by atoms with van der Waals surface area (Å²) in [6.07, 6.45) is 3.04. The van der Waals surface area contributed by atoms with Crippen molar-refractivity contribution in [2.24, 2.45) is 0 Å². The van der Waals surface area contributed by atoms with Gasteiger partial charge in [0.2, 0.25) is 0 Å². The molecule has 0 unspecified atom stereocenters. The van der Waals surface area contributed by atoms with Gasteiger partial charge in [-0.1, -0.05) is 69.7 Å². The number of esters is 2. The molecule has 31 heavy (non-hydrogen) atoms. The van der Waals surface area contributed by atoms with Crippen molar-refractivity contribution in [1.82, 2.24) is 0 Å². The summed E-state index contributed by atoms with van der Waals surface area (Å²) in [5, 5.41) is 0. The van der Waals surface area contributed by atoms with Crippen LogP contribution in [0.1, 0.15) is 64.6 Å². The molecular weight excluding hydrogens is 388 g/mol. The van der Waals surface area contributed by atoms with Crippen LogP contribution in [0, 0.1) is 0 Å². The van der Waals surface area contributed by atoms with Crippen molar-refractivity contribution in [3.05, 3.63) is 94.5 Å². The fourth-order valence-electron chi connectivity index (χ4n) is 3.57. The topological polar surface area (TPSA) is 52.6 Å². The fraction of sp³-hybridized carbons (Fsp3) is 0.259. The lowest BCUT2D eigenvalue weighted by Gasteiger charge is -2.20. The number of hydrogen-bond acceptors (Lipinski definition) is 4. The summed E-state index contributed by atoms with van der Waals surface area (Å²) in [6, 6.07) is 19.7. The van der Waals surface area contributed by atoms with Crippen molar-refractivity contribution >= 4 is 11.9 Å². The minimum atomic E-state index is -0.473. The Morgan fingerprint density at radius 2 is 1.16 bits per heavy atom. The van der Waals surface area contributed by atoms with Crippen molar-refractivity contribution in [3.8, 4) is 11.5 Å². The summed E-state index contributed by atoms with van der Waals surface area (Å²) in [7, 11) is 0. The zero-order chi connectivity index (χ0) is 22.2. The molecule has 0 aliphatic carbocycles. The average Bonchev–Trinajstić information content (AvgIpc) is 2.82. The molecule has 0 saturated carbocycles. The van der Waals surface area contributed by atoms with E-state index in [2.05, 4.69) is 19.9 Å². The lowest BCUT2D eigenvalue weighted by molar-refractivity contribution is 0.0679. The zero-order valence-electron chi connectivity index (χ0n) is 18.3. The Labute approximate surface area is 183 Å². The Morgan fingerprint density at radius 3 is 1.61 bits per heavy atom. The van der Waals surface area contributed by atoms with E-state index in [0.29, 0.717) is 29.0 Å². The Kier molecular flexibility index (Phi) is 7.60. The maximum atomic E-state index is 12.9. The van der Waals surface area contributed by atoms with Crippen LogP contribution in [0.3, 0.4) is 0 Å². The second-order valence-corrected chi connectivity index (χ2v) is 7.30. The van der Waals surface area contributed by atoms with Crippen LogP contribution in [0.4, 0.5) is 0 Å². The molecule has 0 saturated heterocycles. The zero-order valence-corrected chi connectivity index (χ0v) is 18.3. The number of carbonyl (C=O) groups is 2. The minimum absolute atomic E-state index is 0.335. The van der Waals surface area contributed by atoms with Gasteiger partial charge in [0.05, 0.1) is 11.1 Å². The SMILES string of the molecule is CCCc1c(CC)cc(CC)c(OC(=O)c2ccccc2)c1OC(=O)c1ccccc1. The van der Waals surface area contributed by atoms with Crippen LogP contribution in [-0.4, -0.2) is 11.9 Å². The first-order valence-electron chi connectivity index (χ1n) is 10.8. The predicted molar refractivity (Wildman–Crippen MR) is 122 cm³/mol. The third kappa shape index (κ3) is 5.21. The number of ether oxygens (including phenoxy) is 2. The average molecular weight is 417 g/mol. The van der Waals surface area contributed by atoms with Crippen LogP contribution >= 0.6 is 0 Å². The molecule has 3 aromatic carbocycles. The molecule has 4 heteroatoms. The van der Waals surface area contributed by atoms with E-state index in [1.807, 2.05) is 19.1 Å². The first-order valence-corrected chi connectivity index (χ1v) is 10.8. The summed E-state index contributed by atoms with van der Waals surface area (Å²) >= 11 is 0. The van der Waals surface area contributed by atoms with Crippen molar-refractivity contribution in [1.29, 1.82) is 0 Å². The first kappa shape index (κ1) is 22.3. The van der Waals surface area contributed by atoms with Gasteiger partial charge >= 0.3 is 11.9 Å². The van der Waals surface area contributed by atoms with E-state index in [4.69, 9.17) is 9.47 Å². The third-order valence-corrected chi connectivity index (χ3v) is 5.18. The van der Waals surface area contributed by atoms with Gasteiger partial charge in [0, 0.05) is 5.56 Å². The Balaban J connectivity index is 2.11. The molecule has 0 atom stereocenters. The molecule has 3 aromatic rings. The highest BCUT2D eigenvalue weighted by Gasteiger charge is 2.24. The number of aryl methyl sites for hydroxylation is 2. The van der Waals surface area contributed by atoms with E-state index in [1.165, 1.54) is 0 Å². The second-order valence-electron chi connectivity index (χ2n) is 7.30. The van der Waals surface area contributed by atoms with E-state index in [9.17, 15) is 9.59 Å². The third-order valence-electron chi connectivity index (χ3n) is 5.18. The van der Waals surface area contributed by atoms with Crippen LogP contribution in [0.25, 0.3) is 0 Å². The molecular formula is C27H28O4. The smallest absolute Gasteiger partial charge is 0.343 e. The number of benzene rings is 3. The highest BCUT2D eigenvalue weighted by molar-refractivity contribution is 5.93.